The molecule has 4 nitrogen and oxygen atoms in total. The first-order chi connectivity index (χ1) is 10.1. The van der Waals surface area contributed by atoms with Gasteiger partial charge in [-0.25, -0.2) is 0 Å². The van der Waals surface area contributed by atoms with E-state index in [-0.39, 0.29) is 17.6 Å². The van der Waals surface area contributed by atoms with Crippen LogP contribution in [-0.2, 0) is 4.79 Å². The highest BCUT2D eigenvalue weighted by Gasteiger charge is 2.26. The second-order valence-electron chi connectivity index (χ2n) is 5.45. The van der Waals surface area contributed by atoms with Gasteiger partial charge >= 0.3 is 0 Å². The molecule has 1 fully saturated rings. The van der Waals surface area contributed by atoms with Gasteiger partial charge in [0.05, 0.1) is 0 Å². The van der Waals surface area contributed by atoms with Gasteiger partial charge in [0.25, 0.3) is 0 Å². The highest BCUT2D eigenvalue weighted by Crippen LogP contribution is 2.22. The predicted octanol–water partition coefficient (Wildman–Crippen LogP) is 2.18. The molecule has 0 radical (unpaired) electrons. The maximum Gasteiger partial charge on any atom is 0.218 e. The van der Waals surface area contributed by atoms with Crippen LogP contribution in [0.15, 0.2) is 29.2 Å². The molecule has 114 valence electrons. The summed E-state index contributed by atoms with van der Waals surface area (Å²) in [4.78, 5) is 26.8. The number of amides is 1. The van der Waals surface area contributed by atoms with E-state index in [1.54, 1.807) is 11.8 Å². The van der Waals surface area contributed by atoms with Crippen molar-refractivity contribution in [2.45, 2.75) is 24.2 Å². The van der Waals surface area contributed by atoms with Gasteiger partial charge in [0.2, 0.25) is 5.91 Å². The predicted molar refractivity (Wildman–Crippen MR) is 85.5 cm³/mol. The lowest BCUT2D eigenvalue weighted by atomic mass is 9.90. The van der Waals surface area contributed by atoms with E-state index in [1.807, 2.05) is 30.5 Å². The maximum absolute atomic E-state index is 12.6. The minimum Gasteiger partial charge on any atom is -0.370 e. The van der Waals surface area contributed by atoms with E-state index < -0.39 is 0 Å². The smallest absolute Gasteiger partial charge is 0.218 e. The van der Waals surface area contributed by atoms with Crippen LogP contribution in [0, 0.1) is 5.92 Å². The van der Waals surface area contributed by atoms with Gasteiger partial charge in [-0.3, -0.25) is 9.59 Å². The third kappa shape index (κ3) is 4.58. The molecule has 0 bridgehead atoms. The Morgan fingerprint density at radius 2 is 2.05 bits per heavy atom. The molecule has 1 amide bonds. The average molecular weight is 306 g/mol. The van der Waals surface area contributed by atoms with E-state index >= 15 is 0 Å². The average Bonchev–Trinajstić information content (AvgIpc) is 2.52. The Morgan fingerprint density at radius 1 is 1.33 bits per heavy atom. The Hall–Kier alpha value is -1.33. The van der Waals surface area contributed by atoms with Gasteiger partial charge in [0.15, 0.2) is 5.78 Å². The largest absolute Gasteiger partial charge is 0.370 e. The summed E-state index contributed by atoms with van der Waals surface area (Å²) in [5.74, 6) is -0.0331. The van der Waals surface area contributed by atoms with Crippen molar-refractivity contribution in [3.63, 3.8) is 0 Å². The molecular formula is C16H22N2O2S. The SMILES string of the molecule is CSc1ccc(C(=O)[C@@H]2CCCN(CCC(N)=O)C2)cc1. The number of primary amides is 1. The van der Waals surface area contributed by atoms with Crippen molar-refractivity contribution in [3.8, 4) is 0 Å². The fourth-order valence-corrected chi connectivity index (χ4v) is 3.14. The van der Waals surface area contributed by atoms with E-state index in [2.05, 4.69) is 4.90 Å². The Kier molecular flexibility index (Phi) is 5.82. The van der Waals surface area contributed by atoms with Crippen LogP contribution in [0.3, 0.4) is 0 Å². The summed E-state index contributed by atoms with van der Waals surface area (Å²) in [6.45, 7) is 2.34. The molecule has 2 rings (SSSR count). The van der Waals surface area contributed by atoms with Crippen LogP contribution in [-0.4, -0.2) is 42.5 Å². The van der Waals surface area contributed by atoms with Crippen LogP contribution < -0.4 is 5.73 Å². The maximum atomic E-state index is 12.6. The number of likely N-dealkylation sites (tertiary alicyclic amines) is 1. The molecule has 0 saturated carbocycles. The minimum atomic E-state index is -0.281. The highest BCUT2D eigenvalue weighted by molar-refractivity contribution is 7.98. The molecule has 1 atom stereocenters. The highest BCUT2D eigenvalue weighted by atomic mass is 32.2. The van der Waals surface area contributed by atoms with E-state index in [4.69, 9.17) is 5.73 Å². The quantitative estimate of drug-likeness (QED) is 0.646. The molecule has 0 aliphatic carbocycles. The van der Waals surface area contributed by atoms with Crippen molar-refractivity contribution < 1.29 is 9.59 Å². The number of nitrogens with two attached hydrogens (primary N) is 1. The first-order valence-corrected chi connectivity index (χ1v) is 8.51. The van der Waals surface area contributed by atoms with Gasteiger partial charge in [-0.05, 0) is 37.8 Å². The minimum absolute atomic E-state index is 0.0340. The third-order valence-electron chi connectivity index (χ3n) is 3.93. The second-order valence-corrected chi connectivity index (χ2v) is 6.33. The Bertz CT molecular complexity index is 502. The molecule has 5 heteroatoms. The lowest BCUT2D eigenvalue weighted by molar-refractivity contribution is -0.118. The van der Waals surface area contributed by atoms with Crippen LogP contribution in [0.5, 0.6) is 0 Å². The molecule has 2 N–H and O–H groups in total. The number of carbonyl (C=O) groups excluding carboxylic acids is 2. The van der Waals surface area contributed by atoms with Gasteiger partial charge in [-0.1, -0.05) is 12.1 Å². The zero-order chi connectivity index (χ0) is 15.2. The first kappa shape index (κ1) is 16.0. The lowest BCUT2D eigenvalue weighted by Crippen LogP contribution is -2.40. The zero-order valence-corrected chi connectivity index (χ0v) is 13.2. The first-order valence-electron chi connectivity index (χ1n) is 7.29. The van der Waals surface area contributed by atoms with Crippen molar-refractivity contribution >= 4 is 23.5 Å². The molecule has 1 saturated heterocycles. The number of benzene rings is 1. The summed E-state index contributed by atoms with van der Waals surface area (Å²) in [6.07, 6.45) is 4.31. The van der Waals surface area contributed by atoms with Gasteiger partial charge < -0.3 is 10.6 Å². The summed E-state index contributed by atoms with van der Waals surface area (Å²) in [6, 6.07) is 7.81. The van der Waals surface area contributed by atoms with E-state index in [9.17, 15) is 9.59 Å². The number of ketones is 1. The van der Waals surface area contributed by atoms with Crippen molar-refractivity contribution in [1.82, 2.24) is 4.90 Å². The van der Waals surface area contributed by atoms with Crippen LogP contribution in [0.4, 0.5) is 0 Å². The summed E-state index contributed by atoms with van der Waals surface area (Å²) in [5, 5.41) is 0. The number of thioether (sulfide) groups is 1. The molecule has 0 aromatic heterocycles. The van der Waals surface area contributed by atoms with Gasteiger partial charge in [-0.15, -0.1) is 11.8 Å². The third-order valence-corrected chi connectivity index (χ3v) is 4.67. The molecular weight excluding hydrogens is 284 g/mol. The molecule has 0 unspecified atom stereocenters. The van der Waals surface area contributed by atoms with Gasteiger partial charge in [0.1, 0.15) is 0 Å². The molecule has 1 aromatic rings. The summed E-state index contributed by atoms with van der Waals surface area (Å²) >= 11 is 1.67. The topological polar surface area (TPSA) is 63.4 Å². The Morgan fingerprint density at radius 3 is 2.67 bits per heavy atom. The number of hydrogen-bond donors (Lipinski definition) is 1. The fourth-order valence-electron chi connectivity index (χ4n) is 2.73. The van der Waals surface area contributed by atoms with Gasteiger partial charge in [0, 0.05) is 35.9 Å². The molecule has 1 heterocycles. The number of hydrogen-bond acceptors (Lipinski definition) is 4. The molecule has 0 spiro atoms. The van der Waals surface area contributed by atoms with Gasteiger partial charge in [-0.2, -0.15) is 0 Å². The Labute approximate surface area is 130 Å². The normalized spacial score (nSPS) is 19.4. The summed E-state index contributed by atoms with van der Waals surface area (Å²) in [7, 11) is 0. The molecule has 1 aromatic carbocycles. The van der Waals surface area contributed by atoms with Crippen LogP contribution in [0.25, 0.3) is 0 Å². The van der Waals surface area contributed by atoms with Crippen molar-refractivity contribution in [2.75, 3.05) is 25.9 Å². The lowest BCUT2D eigenvalue weighted by Gasteiger charge is -2.31. The fraction of sp³-hybridized carbons (Fsp3) is 0.500. The number of Topliss-reactive ketones (excluding diaryl/α,β-unsaturated/α-hetero) is 1. The van der Waals surface area contributed by atoms with Crippen molar-refractivity contribution in [3.05, 3.63) is 29.8 Å². The van der Waals surface area contributed by atoms with Crippen LogP contribution >= 0.6 is 11.8 Å². The number of rotatable bonds is 6. The van der Waals surface area contributed by atoms with E-state index in [0.29, 0.717) is 13.0 Å². The molecule has 1 aliphatic heterocycles. The van der Waals surface area contributed by atoms with Crippen molar-refractivity contribution in [2.24, 2.45) is 11.7 Å². The zero-order valence-electron chi connectivity index (χ0n) is 12.4. The number of nitrogens with zero attached hydrogens (tertiary/aromatic N) is 1. The summed E-state index contributed by atoms with van der Waals surface area (Å²) in [5.41, 5.74) is 5.97. The second kappa shape index (κ2) is 7.61. The van der Waals surface area contributed by atoms with E-state index in [1.165, 1.54) is 4.90 Å². The van der Waals surface area contributed by atoms with E-state index in [0.717, 1.165) is 31.5 Å². The monoisotopic (exact) mass is 306 g/mol. The van der Waals surface area contributed by atoms with Crippen LogP contribution in [0.1, 0.15) is 29.6 Å². The van der Waals surface area contributed by atoms with Crippen LogP contribution in [0.2, 0.25) is 0 Å². The number of piperidine rings is 1. The molecule has 21 heavy (non-hydrogen) atoms. The van der Waals surface area contributed by atoms with Crippen molar-refractivity contribution in [1.29, 1.82) is 0 Å². The Balaban J connectivity index is 1.96. The number of carbonyl (C=O) groups is 2. The summed E-state index contributed by atoms with van der Waals surface area (Å²) < 4.78 is 0. The standard InChI is InChI=1S/C16H22N2O2S/c1-21-14-6-4-12(5-7-14)16(20)13-3-2-9-18(11-13)10-8-15(17)19/h4-7,13H,2-3,8-11H2,1H3,(H2,17,19)/t13-/m1/s1. The molecule has 1 aliphatic rings.